The van der Waals surface area contributed by atoms with Gasteiger partial charge in [0.05, 0.1) is 0 Å². The van der Waals surface area contributed by atoms with Crippen LogP contribution in [0.4, 0.5) is 26.3 Å². The maximum atomic E-state index is 11.2. The van der Waals surface area contributed by atoms with E-state index in [-0.39, 0.29) is 5.91 Å². The number of alkyl halides is 6. The van der Waals surface area contributed by atoms with E-state index in [1.165, 1.54) is 12.0 Å². The van der Waals surface area contributed by atoms with Gasteiger partial charge in [0, 0.05) is 20.0 Å². The molecule has 0 rings (SSSR count). The standard InChI is InChI=1S/C9H15NO.C8H14.C4F6O3/c1-5-6-10(9(4)11)7-8(2)3;1-4-5-6-7-8(2)3;5-3(6,7)1(11)13-2(12)4(8,9)10/h5H,1-2,6-7H2,3-4H3;4H,1-2,5-7H2,3H3;. The van der Waals surface area contributed by atoms with Gasteiger partial charge in [0.15, 0.2) is 0 Å². The lowest BCUT2D eigenvalue weighted by Gasteiger charge is -2.18. The summed E-state index contributed by atoms with van der Waals surface area (Å²) >= 11 is 0. The van der Waals surface area contributed by atoms with Gasteiger partial charge in [0.2, 0.25) is 5.91 Å². The Kier molecular flexibility index (Phi) is 17.7. The molecule has 0 atom stereocenters. The minimum absolute atomic E-state index is 0.0629. The smallest absolute Gasteiger partial charge is 0.380 e. The number of rotatable bonds is 8. The summed E-state index contributed by atoms with van der Waals surface area (Å²) in [6, 6.07) is 0. The molecule has 0 saturated carbocycles. The van der Waals surface area contributed by atoms with Crippen molar-refractivity contribution in [3.8, 4) is 0 Å². The number of carbonyl (C=O) groups is 3. The molecule has 0 fully saturated rings. The maximum absolute atomic E-state index is 11.2. The molecule has 0 aliphatic rings. The van der Waals surface area contributed by atoms with Crippen molar-refractivity contribution in [3.05, 3.63) is 49.6 Å². The topological polar surface area (TPSA) is 63.7 Å². The Hall–Kier alpha value is -2.85. The number of unbranched alkanes of at least 4 members (excludes halogenated alkanes) is 1. The molecule has 184 valence electrons. The summed E-state index contributed by atoms with van der Waals surface area (Å²) < 4.78 is 69.7. The molecule has 0 aromatic carbocycles. The van der Waals surface area contributed by atoms with Crippen LogP contribution in [-0.4, -0.2) is 48.2 Å². The molecule has 1 amide bonds. The highest BCUT2D eigenvalue weighted by atomic mass is 19.4. The van der Waals surface area contributed by atoms with Crippen molar-refractivity contribution in [1.82, 2.24) is 4.90 Å². The van der Waals surface area contributed by atoms with Gasteiger partial charge in [0.25, 0.3) is 0 Å². The van der Waals surface area contributed by atoms with E-state index in [1.807, 2.05) is 13.0 Å². The second kappa shape index (κ2) is 16.8. The van der Waals surface area contributed by atoms with Crippen LogP contribution in [-0.2, 0) is 19.1 Å². The SMILES string of the molecule is C=CCCCC(=C)C.C=CCN(CC(=C)C)C(C)=O.O=C(OC(=O)C(F)(F)F)C(F)(F)F. The van der Waals surface area contributed by atoms with Crippen molar-refractivity contribution in [1.29, 1.82) is 0 Å². The third-order valence-electron chi connectivity index (χ3n) is 2.92. The van der Waals surface area contributed by atoms with Crippen LogP contribution in [0.25, 0.3) is 0 Å². The number of hydrogen-bond donors (Lipinski definition) is 0. The van der Waals surface area contributed by atoms with Crippen LogP contribution in [0, 0.1) is 0 Å². The summed E-state index contributed by atoms with van der Waals surface area (Å²) in [4.78, 5) is 31.9. The first-order valence-electron chi connectivity index (χ1n) is 9.06. The second-order valence-electron chi connectivity index (χ2n) is 6.46. The van der Waals surface area contributed by atoms with Crippen LogP contribution in [0.15, 0.2) is 49.6 Å². The van der Waals surface area contributed by atoms with E-state index in [1.54, 1.807) is 17.9 Å². The number of halogens is 6. The molecule has 0 N–H and O–H groups in total. The molecule has 0 aliphatic carbocycles. The zero-order valence-corrected chi connectivity index (χ0v) is 18.4. The highest BCUT2D eigenvalue weighted by Crippen LogP contribution is 2.21. The molecule has 32 heavy (non-hydrogen) atoms. The summed E-state index contributed by atoms with van der Waals surface area (Å²) in [5.41, 5.74) is 2.26. The van der Waals surface area contributed by atoms with Gasteiger partial charge in [-0.05, 0) is 33.1 Å². The van der Waals surface area contributed by atoms with Crippen molar-refractivity contribution in [3.63, 3.8) is 0 Å². The summed E-state index contributed by atoms with van der Waals surface area (Å²) in [6.45, 7) is 21.5. The lowest BCUT2D eigenvalue weighted by atomic mass is 10.1. The Balaban J connectivity index is -0.000000406. The molecule has 0 saturated heterocycles. The lowest BCUT2D eigenvalue weighted by Crippen LogP contribution is -2.34. The highest BCUT2D eigenvalue weighted by Gasteiger charge is 2.49. The molecule has 0 bridgehead atoms. The first-order valence-corrected chi connectivity index (χ1v) is 9.06. The Morgan fingerprint density at radius 3 is 1.53 bits per heavy atom. The maximum Gasteiger partial charge on any atom is 0.491 e. The van der Waals surface area contributed by atoms with Crippen molar-refractivity contribution in [2.75, 3.05) is 13.1 Å². The molecular weight excluding hydrogens is 444 g/mol. The molecule has 0 heterocycles. The van der Waals surface area contributed by atoms with Gasteiger partial charge in [-0.3, -0.25) is 4.79 Å². The molecule has 0 aliphatic heterocycles. The molecule has 0 aromatic heterocycles. The van der Waals surface area contributed by atoms with Gasteiger partial charge in [-0.25, -0.2) is 9.59 Å². The Labute approximate surface area is 184 Å². The van der Waals surface area contributed by atoms with Crippen molar-refractivity contribution in [2.24, 2.45) is 0 Å². The largest absolute Gasteiger partial charge is 0.491 e. The molecule has 11 heteroatoms. The van der Waals surface area contributed by atoms with Gasteiger partial charge in [-0.2, -0.15) is 26.3 Å². The molecule has 0 spiro atoms. The number of esters is 2. The first kappa shape index (κ1) is 33.8. The average Bonchev–Trinajstić information content (AvgIpc) is 2.60. The second-order valence-corrected chi connectivity index (χ2v) is 6.46. The molecule has 0 unspecified atom stereocenters. The van der Waals surface area contributed by atoms with E-state index in [0.717, 1.165) is 18.4 Å². The van der Waals surface area contributed by atoms with Crippen molar-refractivity contribution >= 4 is 17.8 Å². The number of hydrogen-bond acceptors (Lipinski definition) is 4. The predicted octanol–water partition coefficient (Wildman–Crippen LogP) is 5.70. The average molecular weight is 473 g/mol. The third kappa shape index (κ3) is 21.8. The van der Waals surface area contributed by atoms with Crippen LogP contribution in [0.1, 0.15) is 40.0 Å². The van der Waals surface area contributed by atoms with E-state index >= 15 is 0 Å². The van der Waals surface area contributed by atoms with Crippen LogP contribution in [0.3, 0.4) is 0 Å². The fourth-order valence-corrected chi connectivity index (χ4v) is 1.53. The Morgan fingerprint density at radius 1 is 0.844 bits per heavy atom. The third-order valence-corrected chi connectivity index (χ3v) is 2.92. The fraction of sp³-hybridized carbons (Fsp3) is 0.476. The highest BCUT2D eigenvalue weighted by molar-refractivity contribution is 5.90. The van der Waals surface area contributed by atoms with E-state index in [4.69, 9.17) is 0 Å². The zero-order valence-electron chi connectivity index (χ0n) is 18.4. The summed E-state index contributed by atoms with van der Waals surface area (Å²) in [7, 11) is 0. The number of carbonyl (C=O) groups excluding carboxylic acids is 3. The van der Waals surface area contributed by atoms with Crippen LogP contribution in [0.2, 0.25) is 0 Å². The van der Waals surface area contributed by atoms with E-state index in [0.29, 0.717) is 13.1 Å². The van der Waals surface area contributed by atoms with E-state index in [9.17, 15) is 40.7 Å². The Morgan fingerprint density at radius 2 is 1.28 bits per heavy atom. The zero-order chi connectivity index (χ0) is 26.1. The normalized spacial score (nSPS) is 10.3. The van der Waals surface area contributed by atoms with E-state index < -0.39 is 24.3 Å². The number of ether oxygens (including phenoxy) is 1. The molecule has 5 nitrogen and oxygen atoms in total. The minimum Gasteiger partial charge on any atom is -0.380 e. The van der Waals surface area contributed by atoms with E-state index in [2.05, 4.69) is 38.0 Å². The predicted molar refractivity (Wildman–Crippen MR) is 109 cm³/mol. The van der Waals surface area contributed by atoms with Crippen LogP contribution >= 0.6 is 0 Å². The monoisotopic (exact) mass is 473 g/mol. The van der Waals surface area contributed by atoms with Crippen molar-refractivity contribution < 1.29 is 45.5 Å². The number of allylic oxidation sites excluding steroid dienone is 2. The van der Waals surface area contributed by atoms with Crippen LogP contribution < -0.4 is 0 Å². The van der Waals surface area contributed by atoms with Gasteiger partial charge in [-0.15, -0.1) is 19.7 Å². The van der Waals surface area contributed by atoms with Gasteiger partial charge >= 0.3 is 24.3 Å². The molecule has 0 radical (unpaired) electrons. The fourth-order valence-electron chi connectivity index (χ4n) is 1.53. The quantitative estimate of drug-likeness (QED) is 0.149. The molecule has 0 aromatic rings. The summed E-state index contributed by atoms with van der Waals surface area (Å²) in [5, 5.41) is 0. The lowest BCUT2D eigenvalue weighted by molar-refractivity contribution is -0.221. The molecular formula is C21H29F6NO4. The summed E-state index contributed by atoms with van der Waals surface area (Å²) in [6.07, 6.45) is -4.12. The first-order chi connectivity index (χ1) is 14.4. The van der Waals surface area contributed by atoms with Crippen LogP contribution in [0.5, 0.6) is 0 Å². The number of amides is 1. The number of nitrogens with zero attached hydrogens (tertiary/aromatic N) is 1. The minimum atomic E-state index is -5.62. The van der Waals surface area contributed by atoms with Gasteiger partial charge in [-0.1, -0.05) is 29.9 Å². The van der Waals surface area contributed by atoms with Gasteiger partial charge in [0.1, 0.15) is 0 Å². The summed E-state index contributed by atoms with van der Waals surface area (Å²) in [5.74, 6) is -6.34. The van der Waals surface area contributed by atoms with Crippen molar-refractivity contribution in [2.45, 2.75) is 52.4 Å². The van der Waals surface area contributed by atoms with Gasteiger partial charge < -0.3 is 9.64 Å². The Bertz CT molecular complexity index is 642.